The van der Waals surface area contributed by atoms with Crippen molar-refractivity contribution in [2.45, 2.75) is 20.8 Å². The van der Waals surface area contributed by atoms with E-state index < -0.39 is 0 Å². The Morgan fingerprint density at radius 3 is 2.16 bits per heavy atom. The summed E-state index contributed by atoms with van der Waals surface area (Å²) in [5.74, 6) is 0. The molecule has 0 N–H and O–H groups in total. The molecule has 0 amide bonds. The van der Waals surface area contributed by atoms with Gasteiger partial charge < -0.3 is 0 Å². The summed E-state index contributed by atoms with van der Waals surface area (Å²) in [5, 5.41) is 2.52. The molecule has 3 rings (SSSR count). The van der Waals surface area contributed by atoms with Gasteiger partial charge >= 0.3 is 0 Å². The molecular weight excluding hydrogens is 300 g/mol. The second-order valence-corrected chi connectivity index (χ2v) is 6.35. The van der Waals surface area contributed by atoms with Gasteiger partial charge in [-0.1, -0.05) is 96.6 Å². The lowest BCUT2D eigenvalue weighted by Crippen LogP contribution is -2.26. The lowest BCUT2D eigenvalue weighted by Gasteiger charge is -2.08. The van der Waals surface area contributed by atoms with Crippen LogP contribution >= 0.6 is 0 Å². The van der Waals surface area contributed by atoms with Crippen molar-refractivity contribution in [3.8, 4) is 0 Å². The van der Waals surface area contributed by atoms with E-state index in [1.54, 1.807) is 0 Å². The van der Waals surface area contributed by atoms with Crippen molar-refractivity contribution >= 4 is 17.7 Å². The van der Waals surface area contributed by atoms with Gasteiger partial charge in [-0.25, -0.2) is 0 Å². The van der Waals surface area contributed by atoms with Gasteiger partial charge in [0.1, 0.15) is 0 Å². The molecule has 0 heteroatoms. The molecule has 0 bridgehead atoms. The number of aryl methyl sites for hydroxylation is 2. The summed E-state index contributed by atoms with van der Waals surface area (Å²) in [6.45, 7) is 6.39. The van der Waals surface area contributed by atoms with E-state index in [0.29, 0.717) is 0 Å². The number of hydrogen-bond acceptors (Lipinski definition) is 0. The Kier molecular flexibility index (Phi) is 5.30. The van der Waals surface area contributed by atoms with E-state index in [1.165, 1.54) is 38.3 Å². The van der Waals surface area contributed by atoms with Gasteiger partial charge in [0.05, 0.1) is 0 Å². The van der Waals surface area contributed by atoms with E-state index in [9.17, 15) is 0 Å². The molecule has 3 aromatic rings. The zero-order chi connectivity index (χ0) is 17.6. The summed E-state index contributed by atoms with van der Waals surface area (Å²) in [6, 6.07) is 25.8. The number of rotatable bonds is 3. The largest absolute Gasteiger partial charge is 0.0798 e. The number of benzene rings is 3. The van der Waals surface area contributed by atoms with Crippen molar-refractivity contribution < 1.29 is 0 Å². The fourth-order valence-electron chi connectivity index (χ4n) is 3.05. The molecule has 0 unspecified atom stereocenters. The van der Waals surface area contributed by atoms with Crippen LogP contribution < -0.4 is 10.4 Å². The first-order valence-corrected chi connectivity index (χ1v) is 8.75. The first kappa shape index (κ1) is 17.0. The summed E-state index contributed by atoms with van der Waals surface area (Å²) in [4.78, 5) is 0. The Morgan fingerprint density at radius 1 is 0.760 bits per heavy atom. The minimum atomic E-state index is 1.22. The van der Waals surface area contributed by atoms with E-state index in [2.05, 4.69) is 112 Å². The summed E-state index contributed by atoms with van der Waals surface area (Å²) in [6.07, 6.45) is 6.62. The molecule has 3 aromatic carbocycles. The zero-order valence-electron chi connectivity index (χ0n) is 15.2. The highest BCUT2D eigenvalue weighted by atomic mass is 14.1. The van der Waals surface area contributed by atoms with E-state index >= 15 is 0 Å². The number of allylic oxidation sites excluding steroid dienone is 1. The highest BCUT2D eigenvalue weighted by molar-refractivity contribution is 5.80. The first-order chi connectivity index (χ1) is 12.2. The maximum Gasteiger partial charge on any atom is -0.0103 e. The molecule has 0 nitrogen and oxygen atoms in total. The highest BCUT2D eigenvalue weighted by Crippen LogP contribution is 2.18. The third kappa shape index (κ3) is 3.97. The Hall–Kier alpha value is -2.86. The predicted octanol–water partition coefficient (Wildman–Crippen LogP) is 5.02. The maximum absolute atomic E-state index is 2.25. The second kappa shape index (κ2) is 7.81. The molecule has 0 aliphatic carbocycles. The van der Waals surface area contributed by atoms with E-state index in [0.717, 1.165) is 0 Å². The fourth-order valence-corrected chi connectivity index (χ4v) is 3.05. The second-order valence-electron chi connectivity index (χ2n) is 6.35. The van der Waals surface area contributed by atoms with Gasteiger partial charge in [0.2, 0.25) is 0 Å². The summed E-state index contributed by atoms with van der Waals surface area (Å²) in [7, 11) is 0. The zero-order valence-corrected chi connectivity index (χ0v) is 15.2. The van der Waals surface area contributed by atoms with Gasteiger partial charge in [0.25, 0.3) is 0 Å². The molecule has 0 atom stereocenters. The maximum atomic E-state index is 2.25. The molecule has 0 heterocycles. The summed E-state index contributed by atoms with van der Waals surface area (Å²) < 4.78 is 0. The average molecular weight is 324 g/mol. The lowest BCUT2D eigenvalue weighted by molar-refractivity contribution is 1.40. The lowest BCUT2D eigenvalue weighted by atomic mass is 9.96. The van der Waals surface area contributed by atoms with Crippen molar-refractivity contribution in [3.05, 3.63) is 112 Å². The average Bonchev–Trinajstić information content (AvgIpc) is 2.65. The van der Waals surface area contributed by atoms with Crippen LogP contribution in [0.5, 0.6) is 0 Å². The van der Waals surface area contributed by atoms with E-state index in [-0.39, 0.29) is 0 Å². The molecule has 0 aliphatic rings. The SMILES string of the molecule is CC=c1cccc/c1=C(\C=C\c1ccc(C)cc1)c1ccccc1C. The van der Waals surface area contributed by atoms with Crippen molar-refractivity contribution in [2.24, 2.45) is 0 Å². The molecule has 0 fully saturated rings. The van der Waals surface area contributed by atoms with Crippen LogP contribution in [0.4, 0.5) is 0 Å². The third-order valence-electron chi connectivity index (χ3n) is 4.52. The van der Waals surface area contributed by atoms with Gasteiger partial charge in [-0.2, -0.15) is 0 Å². The molecule has 25 heavy (non-hydrogen) atoms. The Balaban J connectivity index is 2.24. The molecular formula is C25H24. The van der Waals surface area contributed by atoms with Gasteiger partial charge in [0, 0.05) is 0 Å². The third-order valence-corrected chi connectivity index (χ3v) is 4.52. The van der Waals surface area contributed by atoms with Crippen molar-refractivity contribution in [2.75, 3.05) is 0 Å². The smallest absolute Gasteiger partial charge is 0.0103 e. The Morgan fingerprint density at radius 2 is 1.44 bits per heavy atom. The van der Waals surface area contributed by atoms with Crippen LogP contribution in [0.3, 0.4) is 0 Å². The van der Waals surface area contributed by atoms with Crippen molar-refractivity contribution in [3.63, 3.8) is 0 Å². The molecule has 0 aromatic heterocycles. The minimum absolute atomic E-state index is 1.22. The molecule has 0 saturated carbocycles. The standard InChI is InChI=1S/C25H24/c1-4-22-10-6-8-12-24(22)25(23-11-7-5-9-20(23)3)18-17-21-15-13-19(2)14-16-21/h4-18H,1-3H3/b18-17+,22-4?,25-24-. The molecule has 0 radical (unpaired) electrons. The van der Waals surface area contributed by atoms with Gasteiger partial charge in [-0.15, -0.1) is 0 Å². The van der Waals surface area contributed by atoms with Crippen molar-refractivity contribution in [1.82, 2.24) is 0 Å². The van der Waals surface area contributed by atoms with Crippen molar-refractivity contribution in [1.29, 1.82) is 0 Å². The molecule has 124 valence electrons. The van der Waals surface area contributed by atoms with Crippen LogP contribution in [-0.4, -0.2) is 0 Å². The normalized spacial score (nSPS) is 13.3. The monoisotopic (exact) mass is 324 g/mol. The topological polar surface area (TPSA) is 0 Å². The molecule has 0 aliphatic heterocycles. The van der Waals surface area contributed by atoms with Gasteiger partial charge in [-0.05, 0) is 53.5 Å². The molecule has 0 spiro atoms. The Labute approximate surface area is 150 Å². The quantitative estimate of drug-likeness (QED) is 0.635. The van der Waals surface area contributed by atoms with E-state index in [4.69, 9.17) is 0 Å². The summed E-state index contributed by atoms with van der Waals surface area (Å²) >= 11 is 0. The summed E-state index contributed by atoms with van der Waals surface area (Å²) in [5.41, 5.74) is 6.32. The predicted molar refractivity (Wildman–Crippen MR) is 110 cm³/mol. The van der Waals surface area contributed by atoms with Crippen LogP contribution in [0, 0.1) is 13.8 Å². The van der Waals surface area contributed by atoms with E-state index in [1.807, 2.05) is 0 Å². The van der Waals surface area contributed by atoms with Crippen LogP contribution in [0.25, 0.3) is 17.7 Å². The Bertz CT molecular complexity index is 1000. The van der Waals surface area contributed by atoms with Gasteiger partial charge in [-0.3, -0.25) is 0 Å². The number of hydrogen-bond donors (Lipinski definition) is 0. The first-order valence-electron chi connectivity index (χ1n) is 8.75. The van der Waals surface area contributed by atoms with Gasteiger partial charge in [0.15, 0.2) is 0 Å². The van der Waals surface area contributed by atoms with Crippen LogP contribution in [0.1, 0.15) is 29.2 Å². The molecule has 0 saturated heterocycles. The van der Waals surface area contributed by atoms with Crippen LogP contribution in [0.2, 0.25) is 0 Å². The fraction of sp³-hybridized carbons (Fsp3) is 0.120. The van der Waals surface area contributed by atoms with Crippen LogP contribution in [0.15, 0.2) is 78.9 Å². The minimum Gasteiger partial charge on any atom is -0.0798 e. The van der Waals surface area contributed by atoms with Crippen LogP contribution in [-0.2, 0) is 0 Å². The highest BCUT2D eigenvalue weighted by Gasteiger charge is 2.03.